The van der Waals surface area contributed by atoms with E-state index in [0.717, 1.165) is 51.5 Å². The molecule has 3 nitrogen and oxygen atoms in total. The van der Waals surface area contributed by atoms with E-state index in [1.165, 1.54) is 36.1 Å². The Bertz CT molecular complexity index is 684. The largest absolute Gasteiger partial charge is 0.494 e. The van der Waals surface area contributed by atoms with E-state index in [-0.39, 0.29) is 12.4 Å². The normalized spacial score (nSPS) is 16.8. The van der Waals surface area contributed by atoms with Gasteiger partial charge in [0.25, 0.3) is 0 Å². The lowest BCUT2D eigenvalue weighted by atomic mass is 10.1. The van der Waals surface area contributed by atoms with Gasteiger partial charge in [0, 0.05) is 38.4 Å². The molecule has 140 valence electrons. The fourth-order valence-corrected chi connectivity index (χ4v) is 3.98. The number of benzene rings is 2. The van der Waals surface area contributed by atoms with Crippen molar-refractivity contribution in [2.75, 3.05) is 44.2 Å². The van der Waals surface area contributed by atoms with E-state index in [1.54, 1.807) is 0 Å². The summed E-state index contributed by atoms with van der Waals surface area (Å²) in [5.41, 5.74) is 4.36. The van der Waals surface area contributed by atoms with Gasteiger partial charge in [0.15, 0.2) is 0 Å². The summed E-state index contributed by atoms with van der Waals surface area (Å²) in [5.74, 6) is 1.05. The molecule has 0 unspecified atom stereocenters. The number of anilines is 1. The van der Waals surface area contributed by atoms with Crippen LogP contribution in [-0.2, 0) is 12.8 Å². The van der Waals surface area contributed by atoms with Crippen molar-refractivity contribution in [2.45, 2.75) is 25.7 Å². The number of rotatable bonds is 6. The van der Waals surface area contributed by atoms with Crippen molar-refractivity contribution in [1.29, 1.82) is 0 Å². The van der Waals surface area contributed by atoms with Gasteiger partial charge in [0.05, 0.1) is 6.61 Å². The Morgan fingerprint density at radius 3 is 2.42 bits per heavy atom. The number of nitrogens with zero attached hydrogens (tertiary/aromatic N) is 2. The molecule has 0 atom stereocenters. The second kappa shape index (κ2) is 9.29. The summed E-state index contributed by atoms with van der Waals surface area (Å²) >= 11 is 0. The average molecular weight is 373 g/mol. The first-order chi connectivity index (χ1) is 12.4. The summed E-state index contributed by atoms with van der Waals surface area (Å²) < 4.78 is 5.98. The van der Waals surface area contributed by atoms with Crippen LogP contribution in [0, 0.1) is 0 Å². The first kappa shape index (κ1) is 19.1. The van der Waals surface area contributed by atoms with Crippen molar-refractivity contribution in [3.63, 3.8) is 0 Å². The first-order valence-electron chi connectivity index (χ1n) is 9.65. The maximum absolute atomic E-state index is 5.98. The van der Waals surface area contributed by atoms with Crippen LogP contribution in [0.4, 0.5) is 5.69 Å². The van der Waals surface area contributed by atoms with Crippen LogP contribution in [0.1, 0.15) is 24.0 Å². The van der Waals surface area contributed by atoms with Crippen LogP contribution in [0.2, 0.25) is 0 Å². The highest BCUT2D eigenvalue weighted by Crippen LogP contribution is 2.26. The molecule has 2 aromatic rings. The van der Waals surface area contributed by atoms with Crippen LogP contribution in [0.5, 0.6) is 5.75 Å². The fraction of sp³-hybridized carbons (Fsp3) is 0.455. The zero-order valence-electron chi connectivity index (χ0n) is 15.4. The Labute approximate surface area is 163 Å². The smallest absolute Gasteiger partial charge is 0.119 e. The van der Waals surface area contributed by atoms with Gasteiger partial charge in [-0.15, -0.1) is 12.4 Å². The molecule has 0 aromatic heterocycles. The molecule has 0 saturated carbocycles. The highest BCUT2D eigenvalue weighted by Gasteiger charge is 2.16. The number of hydrogen-bond donors (Lipinski definition) is 0. The second-order valence-electron chi connectivity index (χ2n) is 7.15. The molecule has 0 amide bonds. The molecule has 2 aromatic carbocycles. The molecule has 0 bridgehead atoms. The minimum Gasteiger partial charge on any atom is -0.494 e. The highest BCUT2D eigenvalue weighted by atomic mass is 35.5. The molecule has 2 aliphatic rings. The molecule has 26 heavy (non-hydrogen) atoms. The Balaban J connectivity index is 0.00000196. The fourth-order valence-electron chi connectivity index (χ4n) is 3.98. The van der Waals surface area contributed by atoms with Crippen molar-refractivity contribution < 1.29 is 4.74 Å². The SMILES string of the molecule is Cl.c1ccc(N2CCN(CCCOc3ccc4c(c3)CCC4)CC2)cc1. The van der Waals surface area contributed by atoms with E-state index in [4.69, 9.17) is 4.74 Å². The quantitative estimate of drug-likeness (QED) is 0.707. The third-order valence-corrected chi connectivity index (χ3v) is 5.45. The van der Waals surface area contributed by atoms with Gasteiger partial charge in [-0.2, -0.15) is 0 Å². The van der Waals surface area contributed by atoms with Gasteiger partial charge in [0.2, 0.25) is 0 Å². The molecule has 1 heterocycles. The second-order valence-corrected chi connectivity index (χ2v) is 7.15. The predicted molar refractivity (Wildman–Crippen MR) is 111 cm³/mol. The molecule has 0 radical (unpaired) electrons. The first-order valence-corrected chi connectivity index (χ1v) is 9.65. The number of para-hydroxylation sites is 1. The minimum atomic E-state index is 0. The van der Waals surface area contributed by atoms with Crippen molar-refractivity contribution in [3.05, 3.63) is 59.7 Å². The third kappa shape index (κ3) is 4.72. The predicted octanol–water partition coefficient (Wildman–Crippen LogP) is 4.19. The van der Waals surface area contributed by atoms with E-state index < -0.39 is 0 Å². The van der Waals surface area contributed by atoms with Gasteiger partial charge in [-0.3, -0.25) is 4.90 Å². The summed E-state index contributed by atoms with van der Waals surface area (Å²) in [5, 5.41) is 0. The minimum absolute atomic E-state index is 0. The van der Waals surface area contributed by atoms with Gasteiger partial charge in [-0.1, -0.05) is 24.3 Å². The molecule has 1 aliphatic carbocycles. The van der Waals surface area contributed by atoms with E-state index in [2.05, 4.69) is 58.3 Å². The summed E-state index contributed by atoms with van der Waals surface area (Å²) in [6, 6.07) is 17.4. The zero-order valence-corrected chi connectivity index (χ0v) is 16.2. The highest BCUT2D eigenvalue weighted by molar-refractivity contribution is 5.85. The monoisotopic (exact) mass is 372 g/mol. The standard InChI is InChI=1S/C22H28N2O.ClH/c1-2-8-21(9-3-1)24-15-13-23(14-16-24)12-5-17-25-22-11-10-19-6-4-7-20(19)18-22;/h1-3,8-11,18H,4-7,12-17H2;1H. The molecular formula is C22H29ClN2O. The molecule has 0 spiro atoms. The summed E-state index contributed by atoms with van der Waals surface area (Å²) in [4.78, 5) is 5.04. The Hall–Kier alpha value is -1.71. The lowest BCUT2D eigenvalue weighted by molar-refractivity contribution is 0.224. The van der Waals surface area contributed by atoms with Crippen LogP contribution in [-0.4, -0.2) is 44.2 Å². The summed E-state index contributed by atoms with van der Waals surface area (Å²) in [7, 11) is 0. The van der Waals surface area contributed by atoms with E-state index in [0.29, 0.717) is 0 Å². The Kier molecular flexibility index (Phi) is 6.81. The van der Waals surface area contributed by atoms with Crippen LogP contribution in [0.25, 0.3) is 0 Å². The van der Waals surface area contributed by atoms with Crippen LogP contribution in [0.3, 0.4) is 0 Å². The van der Waals surface area contributed by atoms with E-state index in [9.17, 15) is 0 Å². The summed E-state index contributed by atoms with van der Waals surface area (Å²) in [6.45, 7) is 6.48. The Morgan fingerprint density at radius 1 is 0.846 bits per heavy atom. The van der Waals surface area contributed by atoms with Crippen molar-refractivity contribution in [3.8, 4) is 5.75 Å². The number of ether oxygens (including phenoxy) is 1. The maximum Gasteiger partial charge on any atom is 0.119 e. The lowest BCUT2D eigenvalue weighted by Crippen LogP contribution is -2.46. The lowest BCUT2D eigenvalue weighted by Gasteiger charge is -2.36. The topological polar surface area (TPSA) is 15.7 Å². The third-order valence-electron chi connectivity index (χ3n) is 5.45. The van der Waals surface area contributed by atoms with Crippen LogP contribution >= 0.6 is 12.4 Å². The molecule has 1 saturated heterocycles. The van der Waals surface area contributed by atoms with Gasteiger partial charge in [-0.05, 0) is 61.1 Å². The van der Waals surface area contributed by atoms with Crippen LogP contribution in [0.15, 0.2) is 48.5 Å². The molecule has 1 fully saturated rings. The zero-order chi connectivity index (χ0) is 16.9. The van der Waals surface area contributed by atoms with Gasteiger partial charge in [-0.25, -0.2) is 0 Å². The van der Waals surface area contributed by atoms with E-state index >= 15 is 0 Å². The molecule has 0 N–H and O–H groups in total. The van der Waals surface area contributed by atoms with Gasteiger partial charge in [0.1, 0.15) is 5.75 Å². The molecular weight excluding hydrogens is 344 g/mol. The van der Waals surface area contributed by atoms with Gasteiger partial charge < -0.3 is 9.64 Å². The molecule has 4 heteroatoms. The number of aryl methyl sites for hydroxylation is 2. The molecule has 1 aliphatic heterocycles. The summed E-state index contributed by atoms with van der Waals surface area (Å²) in [6.07, 6.45) is 4.86. The number of piperazine rings is 1. The number of fused-ring (bicyclic) bond motifs is 1. The van der Waals surface area contributed by atoms with Crippen molar-refractivity contribution >= 4 is 18.1 Å². The number of halogens is 1. The van der Waals surface area contributed by atoms with Crippen LogP contribution < -0.4 is 9.64 Å². The van der Waals surface area contributed by atoms with Crippen molar-refractivity contribution in [1.82, 2.24) is 4.90 Å². The average Bonchev–Trinajstić information content (AvgIpc) is 3.14. The van der Waals surface area contributed by atoms with Crippen molar-refractivity contribution in [2.24, 2.45) is 0 Å². The Morgan fingerprint density at radius 2 is 1.62 bits per heavy atom. The van der Waals surface area contributed by atoms with E-state index in [1.807, 2.05) is 0 Å². The molecule has 4 rings (SSSR count). The van der Waals surface area contributed by atoms with Gasteiger partial charge >= 0.3 is 0 Å². The number of hydrogen-bond acceptors (Lipinski definition) is 3. The maximum atomic E-state index is 5.98.